The number of aromatic nitrogens is 1. The zero-order valence-corrected chi connectivity index (χ0v) is 16.2. The standard InChI is InChI=1S/C22H27N3O2/c1-14(11-19(23)26)25-21(27)17-12-16-5-4-6-18(20(16)24-13-17)15-7-9-22(2,3)10-8-15/h4-7,12-14H,8-11H2,1-3H3,(H2,23,26)(H,25,27)/t14-/m1/s1. The van der Waals surface area contributed by atoms with E-state index in [0.29, 0.717) is 11.0 Å². The summed E-state index contributed by atoms with van der Waals surface area (Å²) in [5.41, 5.74) is 9.42. The Morgan fingerprint density at radius 2 is 2.11 bits per heavy atom. The summed E-state index contributed by atoms with van der Waals surface area (Å²) in [6.07, 6.45) is 7.31. The van der Waals surface area contributed by atoms with Crippen LogP contribution in [0.1, 0.15) is 62.4 Å². The minimum Gasteiger partial charge on any atom is -0.370 e. The fraction of sp³-hybridized carbons (Fsp3) is 0.409. The molecule has 1 aliphatic carbocycles. The van der Waals surface area contributed by atoms with Crippen LogP contribution in [0.15, 0.2) is 36.5 Å². The van der Waals surface area contributed by atoms with Gasteiger partial charge in [-0.15, -0.1) is 0 Å². The van der Waals surface area contributed by atoms with Crippen molar-refractivity contribution in [2.24, 2.45) is 11.1 Å². The predicted octanol–water partition coefficient (Wildman–Crippen LogP) is 3.82. The molecule has 0 aliphatic heterocycles. The van der Waals surface area contributed by atoms with Crippen molar-refractivity contribution in [2.45, 2.75) is 52.5 Å². The maximum atomic E-state index is 12.4. The van der Waals surface area contributed by atoms with Crippen LogP contribution in [-0.4, -0.2) is 22.8 Å². The Bertz CT molecular complexity index is 915. The van der Waals surface area contributed by atoms with E-state index in [-0.39, 0.29) is 18.4 Å². The van der Waals surface area contributed by atoms with Gasteiger partial charge in [0.1, 0.15) is 0 Å². The zero-order valence-electron chi connectivity index (χ0n) is 16.2. The van der Waals surface area contributed by atoms with Crippen molar-refractivity contribution in [1.29, 1.82) is 0 Å². The number of nitrogens with one attached hydrogen (secondary N) is 1. The number of carbonyl (C=O) groups is 2. The van der Waals surface area contributed by atoms with Crippen molar-refractivity contribution in [3.63, 3.8) is 0 Å². The first kappa shape index (κ1) is 19.1. The molecule has 5 nitrogen and oxygen atoms in total. The molecule has 1 aromatic carbocycles. The SMILES string of the molecule is C[C@H](CC(N)=O)NC(=O)c1cnc2c(C3=CCC(C)(C)CC3)cccc2c1. The molecule has 1 heterocycles. The topological polar surface area (TPSA) is 85.1 Å². The van der Waals surface area contributed by atoms with Crippen LogP contribution >= 0.6 is 0 Å². The molecule has 2 amide bonds. The molecule has 0 saturated carbocycles. The Kier molecular flexibility index (Phi) is 5.31. The summed E-state index contributed by atoms with van der Waals surface area (Å²) in [6.45, 7) is 6.35. The van der Waals surface area contributed by atoms with Crippen molar-refractivity contribution < 1.29 is 9.59 Å². The first-order valence-corrected chi connectivity index (χ1v) is 9.42. The van der Waals surface area contributed by atoms with E-state index in [1.807, 2.05) is 18.2 Å². The molecule has 3 N–H and O–H groups in total. The second-order valence-electron chi connectivity index (χ2n) is 8.24. The number of fused-ring (bicyclic) bond motifs is 1. The summed E-state index contributed by atoms with van der Waals surface area (Å²) in [7, 11) is 0. The number of amides is 2. The van der Waals surface area contributed by atoms with Gasteiger partial charge < -0.3 is 11.1 Å². The third kappa shape index (κ3) is 4.54. The lowest BCUT2D eigenvalue weighted by atomic mass is 9.77. The van der Waals surface area contributed by atoms with Crippen molar-refractivity contribution >= 4 is 28.3 Å². The molecule has 0 saturated heterocycles. The highest BCUT2D eigenvalue weighted by molar-refractivity contribution is 5.99. The van der Waals surface area contributed by atoms with Gasteiger partial charge in [0.2, 0.25) is 5.91 Å². The molecule has 5 heteroatoms. The van der Waals surface area contributed by atoms with Crippen LogP contribution in [0.3, 0.4) is 0 Å². The molecule has 1 aliphatic rings. The molecule has 2 aromatic rings. The highest BCUT2D eigenvalue weighted by Gasteiger charge is 2.23. The largest absolute Gasteiger partial charge is 0.370 e. The lowest BCUT2D eigenvalue weighted by molar-refractivity contribution is -0.118. The van der Waals surface area contributed by atoms with Crippen LogP contribution < -0.4 is 11.1 Å². The first-order valence-electron chi connectivity index (χ1n) is 9.42. The fourth-order valence-corrected chi connectivity index (χ4v) is 3.53. The minimum absolute atomic E-state index is 0.113. The first-order chi connectivity index (χ1) is 12.7. The van der Waals surface area contributed by atoms with Crippen molar-refractivity contribution in [3.05, 3.63) is 47.7 Å². The molecule has 0 unspecified atom stereocenters. The molecular formula is C22H27N3O2. The number of allylic oxidation sites excluding steroid dienone is 2. The molecule has 3 rings (SSSR count). The van der Waals surface area contributed by atoms with E-state index >= 15 is 0 Å². The molecule has 0 fully saturated rings. The van der Waals surface area contributed by atoms with E-state index in [0.717, 1.165) is 35.7 Å². The van der Waals surface area contributed by atoms with E-state index in [2.05, 4.69) is 36.3 Å². The zero-order chi connectivity index (χ0) is 19.6. The van der Waals surface area contributed by atoms with Gasteiger partial charge in [-0.2, -0.15) is 0 Å². The number of carbonyl (C=O) groups excluding carboxylic acids is 2. The Balaban J connectivity index is 1.86. The second kappa shape index (κ2) is 7.51. The molecule has 1 aromatic heterocycles. The van der Waals surface area contributed by atoms with Crippen molar-refractivity contribution in [3.8, 4) is 0 Å². The Hall–Kier alpha value is -2.69. The van der Waals surface area contributed by atoms with Gasteiger partial charge in [-0.3, -0.25) is 14.6 Å². The van der Waals surface area contributed by atoms with E-state index in [1.54, 1.807) is 13.1 Å². The van der Waals surface area contributed by atoms with Gasteiger partial charge in [-0.1, -0.05) is 38.1 Å². The fourth-order valence-electron chi connectivity index (χ4n) is 3.53. The van der Waals surface area contributed by atoms with Crippen LogP contribution in [0.4, 0.5) is 0 Å². The Morgan fingerprint density at radius 3 is 2.78 bits per heavy atom. The maximum absolute atomic E-state index is 12.4. The molecule has 0 radical (unpaired) electrons. The quantitative estimate of drug-likeness (QED) is 0.844. The minimum atomic E-state index is -0.437. The van der Waals surface area contributed by atoms with Crippen molar-refractivity contribution in [2.75, 3.05) is 0 Å². The monoisotopic (exact) mass is 365 g/mol. The van der Waals surface area contributed by atoms with Crippen LogP contribution in [-0.2, 0) is 4.79 Å². The van der Waals surface area contributed by atoms with Gasteiger partial charge in [0.05, 0.1) is 11.1 Å². The van der Waals surface area contributed by atoms with Gasteiger partial charge in [0.25, 0.3) is 5.91 Å². The number of para-hydroxylation sites is 1. The maximum Gasteiger partial charge on any atom is 0.253 e. The average molecular weight is 365 g/mol. The third-order valence-electron chi connectivity index (χ3n) is 5.18. The Morgan fingerprint density at radius 1 is 1.33 bits per heavy atom. The van der Waals surface area contributed by atoms with Crippen LogP contribution in [0.5, 0.6) is 0 Å². The molecule has 0 bridgehead atoms. The number of rotatable bonds is 5. The molecular weight excluding hydrogens is 338 g/mol. The second-order valence-corrected chi connectivity index (χ2v) is 8.24. The van der Waals surface area contributed by atoms with Gasteiger partial charge in [0, 0.05) is 29.6 Å². The van der Waals surface area contributed by atoms with Crippen molar-refractivity contribution in [1.82, 2.24) is 10.3 Å². The summed E-state index contributed by atoms with van der Waals surface area (Å²) in [5.74, 6) is -0.685. The summed E-state index contributed by atoms with van der Waals surface area (Å²) in [4.78, 5) is 28.0. The Labute approximate surface area is 160 Å². The van der Waals surface area contributed by atoms with E-state index < -0.39 is 5.91 Å². The highest BCUT2D eigenvalue weighted by atomic mass is 16.2. The summed E-state index contributed by atoms with van der Waals surface area (Å²) in [5, 5.41) is 3.73. The highest BCUT2D eigenvalue weighted by Crippen LogP contribution is 2.39. The third-order valence-corrected chi connectivity index (χ3v) is 5.18. The number of hydrogen-bond acceptors (Lipinski definition) is 3. The van der Waals surface area contributed by atoms with Gasteiger partial charge in [-0.05, 0) is 43.2 Å². The average Bonchev–Trinajstić information content (AvgIpc) is 2.60. The number of pyridine rings is 1. The lowest BCUT2D eigenvalue weighted by Crippen LogP contribution is -2.35. The number of primary amides is 1. The summed E-state index contributed by atoms with van der Waals surface area (Å²) >= 11 is 0. The van der Waals surface area contributed by atoms with Crippen LogP contribution in [0.25, 0.3) is 16.5 Å². The van der Waals surface area contributed by atoms with E-state index in [4.69, 9.17) is 5.73 Å². The number of benzene rings is 1. The van der Waals surface area contributed by atoms with Gasteiger partial charge in [0.15, 0.2) is 0 Å². The predicted molar refractivity (Wildman–Crippen MR) is 108 cm³/mol. The molecule has 142 valence electrons. The normalized spacial score (nSPS) is 17.2. The smallest absolute Gasteiger partial charge is 0.253 e. The number of nitrogens with two attached hydrogens (primary N) is 1. The van der Waals surface area contributed by atoms with E-state index in [9.17, 15) is 9.59 Å². The van der Waals surface area contributed by atoms with Crippen LogP contribution in [0, 0.1) is 5.41 Å². The van der Waals surface area contributed by atoms with Gasteiger partial charge in [-0.25, -0.2) is 0 Å². The summed E-state index contributed by atoms with van der Waals surface area (Å²) in [6, 6.07) is 7.63. The van der Waals surface area contributed by atoms with Crippen LogP contribution in [0.2, 0.25) is 0 Å². The summed E-state index contributed by atoms with van der Waals surface area (Å²) < 4.78 is 0. The molecule has 27 heavy (non-hydrogen) atoms. The molecule has 1 atom stereocenters. The molecule has 0 spiro atoms. The van der Waals surface area contributed by atoms with Gasteiger partial charge >= 0.3 is 0 Å². The number of nitrogens with zero attached hydrogens (tertiary/aromatic N) is 1. The lowest BCUT2D eigenvalue weighted by Gasteiger charge is -2.29. The number of hydrogen-bond donors (Lipinski definition) is 2. The van der Waals surface area contributed by atoms with E-state index in [1.165, 1.54) is 5.57 Å².